The standard InChI is InChI=1S/C16H19BrO6/c1-4-22-14(19)16(21,15(20)23-5-2)10(3)13(18)11-6-8-12(17)9-7-11/h6-10,21H,4-5H2,1-3H3. The molecular formula is C16H19BrO6. The highest BCUT2D eigenvalue weighted by Gasteiger charge is 2.54. The highest BCUT2D eigenvalue weighted by molar-refractivity contribution is 9.10. The van der Waals surface area contributed by atoms with Gasteiger partial charge < -0.3 is 14.6 Å². The summed E-state index contributed by atoms with van der Waals surface area (Å²) in [5, 5.41) is 10.6. The Morgan fingerprint density at radius 1 is 1.09 bits per heavy atom. The van der Waals surface area contributed by atoms with Crippen LogP contribution < -0.4 is 0 Å². The summed E-state index contributed by atoms with van der Waals surface area (Å²) in [7, 11) is 0. The number of esters is 2. The van der Waals surface area contributed by atoms with Gasteiger partial charge in [0.25, 0.3) is 5.60 Å². The van der Waals surface area contributed by atoms with Gasteiger partial charge >= 0.3 is 11.9 Å². The zero-order chi connectivity index (χ0) is 17.6. The molecule has 0 aliphatic carbocycles. The summed E-state index contributed by atoms with van der Waals surface area (Å²) in [5.41, 5.74) is -2.43. The van der Waals surface area contributed by atoms with E-state index in [2.05, 4.69) is 15.9 Å². The number of benzene rings is 1. The third kappa shape index (κ3) is 4.17. The van der Waals surface area contributed by atoms with Gasteiger partial charge in [-0.25, -0.2) is 9.59 Å². The van der Waals surface area contributed by atoms with Crippen LogP contribution in [0.15, 0.2) is 28.7 Å². The van der Waals surface area contributed by atoms with E-state index < -0.39 is 29.2 Å². The van der Waals surface area contributed by atoms with Gasteiger partial charge in [0.1, 0.15) is 0 Å². The molecule has 23 heavy (non-hydrogen) atoms. The molecule has 0 heterocycles. The molecule has 0 saturated carbocycles. The van der Waals surface area contributed by atoms with Gasteiger partial charge in [-0.3, -0.25) is 4.79 Å². The minimum absolute atomic E-state index is 0.0419. The number of Topliss-reactive ketones (excluding diaryl/α,β-unsaturated/α-hetero) is 1. The number of halogens is 1. The molecule has 1 N–H and O–H groups in total. The van der Waals surface area contributed by atoms with Crippen molar-refractivity contribution in [3.63, 3.8) is 0 Å². The molecule has 126 valence electrons. The number of ketones is 1. The van der Waals surface area contributed by atoms with Crippen molar-refractivity contribution in [2.45, 2.75) is 26.4 Å². The molecule has 1 rings (SSSR count). The first-order chi connectivity index (χ1) is 10.8. The van der Waals surface area contributed by atoms with Crippen molar-refractivity contribution in [2.75, 3.05) is 13.2 Å². The molecule has 1 atom stereocenters. The molecule has 0 radical (unpaired) electrons. The van der Waals surface area contributed by atoms with E-state index in [0.29, 0.717) is 0 Å². The molecule has 0 aromatic heterocycles. The van der Waals surface area contributed by atoms with E-state index in [4.69, 9.17) is 9.47 Å². The second-order valence-electron chi connectivity index (χ2n) is 4.80. The number of aliphatic hydroxyl groups is 1. The average Bonchev–Trinajstić information content (AvgIpc) is 2.53. The lowest BCUT2D eigenvalue weighted by molar-refractivity contribution is -0.187. The summed E-state index contributed by atoms with van der Waals surface area (Å²) in [6, 6.07) is 6.35. The van der Waals surface area contributed by atoms with E-state index in [9.17, 15) is 19.5 Å². The van der Waals surface area contributed by atoms with Gasteiger partial charge in [0.2, 0.25) is 0 Å². The van der Waals surface area contributed by atoms with Crippen LogP contribution in [0.5, 0.6) is 0 Å². The zero-order valence-corrected chi connectivity index (χ0v) is 14.8. The van der Waals surface area contributed by atoms with Crippen LogP contribution >= 0.6 is 15.9 Å². The van der Waals surface area contributed by atoms with Gasteiger partial charge in [-0.1, -0.05) is 35.0 Å². The SMILES string of the molecule is CCOC(=O)C(O)(C(=O)OCC)C(C)C(=O)c1ccc(Br)cc1. The number of hydrogen-bond acceptors (Lipinski definition) is 6. The van der Waals surface area contributed by atoms with Crippen LogP contribution in [-0.4, -0.2) is 41.6 Å². The van der Waals surface area contributed by atoms with E-state index in [1.54, 1.807) is 12.1 Å². The van der Waals surface area contributed by atoms with Crippen molar-refractivity contribution in [1.82, 2.24) is 0 Å². The number of ether oxygens (including phenoxy) is 2. The molecule has 1 aromatic rings. The summed E-state index contributed by atoms with van der Waals surface area (Å²) in [6.07, 6.45) is 0. The minimum atomic E-state index is -2.68. The van der Waals surface area contributed by atoms with Crippen LogP contribution in [0.25, 0.3) is 0 Å². The minimum Gasteiger partial charge on any atom is -0.463 e. The van der Waals surface area contributed by atoms with Crippen molar-refractivity contribution in [3.05, 3.63) is 34.3 Å². The van der Waals surface area contributed by atoms with Crippen molar-refractivity contribution >= 4 is 33.7 Å². The topological polar surface area (TPSA) is 89.9 Å². The fourth-order valence-electron chi connectivity index (χ4n) is 1.97. The van der Waals surface area contributed by atoms with Crippen LogP contribution in [0, 0.1) is 5.92 Å². The summed E-state index contributed by atoms with van der Waals surface area (Å²) >= 11 is 3.25. The number of carbonyl (C=O) groups is 3. The molecule has 0 bridgehead atoms. The van der Waals surface area contributed by atoms with Crippen LogP contribution in [0.4, 0.5) is 0 Å². The second-order valence-corrected chi connectivity index (χ2v) is 5.72. The largest absolute Gasteiger partial charge is 0.463 e. The first-order valence-corrected chi connectivity index (χ1v) is 7.94. The number of hydrogen-bond donors (Lipinski definition) is 1. The molecule has 0 saturated heterocycles. The fraction of sp³-hybridized carbons (Fsp3) is 0.438. The molecule has 0 aliphatic rings. The maximum atomic E-state index is 12.5. The van der Waals surface area contributed by atoms with Crippen molar-refractivity contribution in [2.24, 2.45) is 5.92 Å². The molecule has 6 nitrogen and oxygen atoms in total. The van der Waals surface area contributed by atoms with Crippen LogP contribution in [0.3, 0.4) is 0 Å². The van der Waals surface area contributed by atoms with E-state index in [-0.39, 0.29) is 18.8 Å². The third-order valence-corrected chi connectivity index (χ3v) is 3.85. The van der Waals surface area contributed by atoms with Gasteiger partial charge in [-0.05, 0) is 26.0 Å². The maximum absolute atomic E-state index is 12.5. The summed E-state index contributed by atoms with van der Waals surface area (Å²) < 4.78 is 10.3. The highest BCUT2D eigenvalue weighted by atomic mass is 79.9. The molecule has 1 unspecified atom stereocenters. The molecule has 0 amide bonds. The summed E-state index contributed by atoms with van der Waals surface area (Å²) in [5.74, 6) is -4.32. The van der Waals surface area contributed by atoms with Gasteiger partial charge in [-0.15, -0.1) is 0 Å². The Balaban J connectivity index is 3.19. The lowest BCUT2D eigenvalue weighted by Crippen LogP contribution is -2.56. The van der Waals surface area contributed by atoms with Crippen molar-refractivity contribution < 1.29 is 29.0 Å². The molecule has 0 spiro atoms. The first kappa shape index (κ1) is 19.3. The van der Waals surface area contributed by atoms with Gasteiger partial charge in [0.15, 0.2) is 5.78 Å². The lowest BCUT2D eigenvalue weighted by atomic mass is 9.83. The monoisotopic (exact) mass is 386 g/mol. The van der Waals surface area contributed by atoms with E-state index >= 15 is 0 Å². The first-order valence-electron chi connectivity index (χ1n) is 7.15. The molecule has 7 heteroatoms. The van der Waals surface area contributed by atoms with Crippen molar-refractivity contribution in [3.8, 4) is 0 Å². The Bertz CT molecular complexity index is 563. The maximum Gasteiger partial charge on any atom is 0.350 e. The van der Waals surface area contributed by atoms with Crippen LogP contribution in [-0.2, 0) is 19.1 Å². The van der Waals surface area contributed by atoms with Gasteiger partial charge in [0, 0.05) is 10.0 Å². The van der Waals surface area contributed by atoms with E-state index in [1.165, 1.54) is 32.9 Å². The fourth-order valence-corrected chi connectivity index (χ4v) is 2.24. The molecule has 0 aliphatic heterocycles. The van der Waals surface area contributed by atoms with Gasteiger partial charge in [-0.2, -0.15) is 0 Å². The second kappa shape index (κ2) is 8.21. The Morgan fingerprint density at radius 2 is 1.52 bits per heavy atom. The predicted octanol–water partition coefficient (Wildman–Crippen LogP) is 2.13. The summed E-state index contributed by atoms with van der Waals surface area (Å²) in [4.78, 5) is 36.7. The lowest BCUT2D eigenvalue weighted by Gasteiger charge is -2.28. The Kier molecular flexibility index (Phi) is 6.90. The van der Waals surface area contributed by atoms with Gasteiger partial charge in [0.05, 0.1) is 19.1 Å². The van der Waals surface area contributed by atoms with Crippen LogP contribution in [0.1, 0.15) is 31.1 Å². The van der Waals surface area contributed by atoms with E-state index in [0.717, 1.165) is 4.47 Å². The quantitative estimate of drug-likeness (QED) is 0.438. The third-order valence-electron chi connectivity index (χ3n) is 3.32. The smallest absolute Gasteiger partial charge is 0.350 e. The Morgan fingerprint density at radius 3 is 1.91 bits per heavy atom. The molecular weight excluding hydrogens is 368 g/mol. The average molecular weight is 387 g/mol. The Labute approximate surface area is 142 Å². The Hall–Kier alpha value is -1.73. The number of rotatable bonds is 7. The van der Waals surface area contributed by atoms with Crippen LogP contribution in [0.2, 0.25) is 0 Å². The molecule has 0 fully saturated rings. The van der Waals surface area contributed by atoms with Crippen molar-refractivity contribution in [1.29, 1.82) is 0 Å². The normalized spacial score (nSPS) is 12.4. The summed E-state index contributed by atoms with van der Waals surface area (Å²) in [6.45, 7) is 4.27. The number of carbonyl (C=O) groups excluding carboxylic acids is 3. The highest BCUT2D eigenvalue weighted by Crippen LogP contribution is 2.26. The van der Waals surface area contributed by atoms with E-state index in [1.807, 2.05) is 0 Å². The molecule has 1 aromatic carbocycles. The predicted molar refractivity (Wildman–Crippen MR) is 85.9 cm³/mol. The zero-order valence-electron chi connectivity index (χ0n) is 13.2.